The lowest BCUT2D eigenvalue weighted by atomic mass is 9.32. The number of aromatic amines is 1. The Labute approximate surface area is 385 Å². The van der Waals surface area contributed by atoms with E-state index in [0.29, 0.717) is 59.1 Å². The number of imidazole rings is 1. The van der Waals surface area contributed by atoms with Crippen LogP contribution in [0.3, 0.4) is 0 Å². The van der Waals surface area contributed by atoms with E-state index in [1.165, 1.54) is 73.7 Å². The fraction of sp³-hybridized carbons (Fsp3) is 0.446. The number of allylic oxidation sites excluding steroid dienone is 1. The zero-order valence-corrected chi connectivity index (χ0v) is 37.3. The fourth-order valence-corrected chi connectivity index (χ4v) is 16.4. The predicted octanol–water partition coefficient (Wildman–Crippen LogP) is 9.41. The Morgan fingerprint density at radius 3 is 2.47 bits per heavy atom. The molecule has 2 spiro atoms. The molecule has 4 fully saturated rings. The summed E-state index contributed by atoms with van der Waals surface area (Å²) < 4.78 is 0. The molecular weight excluding hydrogens is 827 g/mol. The predicted molar refractivity (Wildman–Crippen MR) is 254 cm³/mol. The van der Waals surface area contributed by atoms with Crippen LogP contribution in [0.4, 0.5) is 0 Å². The van der Waals surface area contributed by atoms with Crippen molar-refractivity contribution in [3.63, 3.8) is 0 Å². The van der Waals surface area contributed by atoms with Gasteiger partial charge in [0.05, 0.1) is 29.6 Å². The number of hydrogen-bond donors (Lipinski definition) is 9. The minimum Gasteiger partial charge on any atom is -0.507 e. The minimum absolute atomic E-state index is 0.0221. The van der Waals surface area contributed by atoms with Crippen LogP contribution in [0.15, 0.2) is 90.8 Å². The van der Waals surface area contributed by atoms with Gasteiger partial charge in [0.2, 0.25) is 0 Å². The molecule has 2 heterocycles. The van der Waals surface area contributed by atoms with Gasteiger partial charge in [-0.15, -0.1) is 0 Å². The average molecular weight is 888 g/mol. The number of aromatic hydroxyl groups is 5. The normalized spacial score (nSPS) is 33.9. The Morgan fingerprint density at radius 2 is 1.64 bits per heavy atom. The highest BCUT2D eigenvalue weighted by molar-refractivity contribution is 6.03. The molecule has 6 aliphatic carbocycles. The molecular formula is C56H61N3O7. The molecule has 0 unspecified atom stereocenters. The highest BCUT2D eigenvalue weighted by Gasteiger charge is 2.79. The van der Waals surface area contributed by atoms with E-state index in [2.05, 4.69) is 52.8 Å². The molecule has 4 saturated carbocycles. The number of phenols is 5. The van der Waals surface area contributed by atoms with Gasteiger partial charge in [-0.2, -0.15) is 0 Å². The van der Waals surface area contributed by atoms with Crippen molar-refractivity contribution in [2.75, 3.05) is 6.61 Å². The first-order chi connectivity index (χ1) is 32.1. The van der Waals surface area contributed by atoms with Crippen LogP contribution in [0.25, 0.3) is 22.9 Å². The number of phenolic OH excluding ortho intramolecular Hbond substituents is 5. The van der Waals surface area contributed by atoms with Gasteiger partial charge in [-0.1, -0.05) is 84.8 Å². The number of aromatic nitrogens is 2. The van der Waals surface area contributed by atoms with Crippen LogP contribution in [0.1, 0.15) is 109 Å². The monoisotopic (exact) mass is 887 g/mol. The summed E-state index contributed by atoms with van der Waals surface area (Å²) in [5.74, 6) is 0.540. The van der Waals surface area contributed by atoms with Crippen LogP contribution in [-0.4, -0.2) is 64.5 Å². The fourth-order valence-electron chi connectivity index (χ4n) is 16.4. The molecule has 11 atom stereocenters. The number of H-pyrrole nitrogens is 1. The maximum absolute atomic E-state index is 12.7. The zero-order valence-electron chi connectivity index (χ0n) is 37.3. The first-order valence-corrected chi connectivity index (χ1v) is 24.5. The third kappa shape index (κ3) is 5.80. The Hall–Kier alpha value is -5.55. The number of fused-ring (bicyclic) bond motifs is 3. The Morgan fingerprint density at radius 1 is 0.788 bits per heavy atom. The topological polar surface area (TPSA) is 182 Å². The number of aliphatic hydroxyl groups is 2. The molecule has 10 heteroatoms. The average Bonchev–Trinajstić information content (AvgIpc) is 4.05. The zero-order chi connectivity index (χ0) is 45.1. The van der Waals surface area contributed by atoms with Gasteiger partial charge < -0.3 is 46.0 Å². The number of rotatable bonds is 8. The van der Waals surface area contributed by atoms with E-state index in [0.717, 1.165) is 36.8 Å². The van der Waals surface area contributed by atoms with Gasteiger partial charge in [0.1, 0.15) is 5.75 Å². The minimum atomic E-state index is -0.557. The molecule has 4 aromatic carbocycles. The quantitative estimate of drug-likeness (QED) is 0.0417. The summed E-state index contributed by atoms with van der Waals surface area (Å²) >= 11 is 0. The van der Waals surface area contributed by atoms with Gasteiger partial charge in [-0.3, -0.25) is 0 Å². The van der Waals surface area contributed by atoms with Crippen LogP contribution in [0, 0.1) is 40.4 Å². The van der Waals surface area contributed by atoms with Crippen molar-refractivity contribution in [3.05, 3.63) is 130 Å². The molecule has 5 aromatic rings. The first-order valence-electron chi connectivity index (χ1n) is 24.5. The lowest BCUT2D eigenvalue weighted by Crippen LogP contribution is -2.77. The molecule has 342 valence electrons. The van der Waals surface area contributed by atoms with E-state index in [1.54, 1.807) is 30.4 Å². The molecule has 0 saturated heterocycles. The molecule has 7 aliphatic rings. The van der Waals surface area contributed by atoms with Crippen LogP contribution in [0.5, 0.6) is 28.7 Å². The highest BCUT2D eigenvalue weighted by atomic mass is 16.3. The van der Waals surface area contributed by atoms with Gasteiger partial charge >= 0.3 is 0 Å². The standard InChI is InChI=1S/C56H61N3O7/c60-26-22-34-28-43(33-11-6-31(7-12-33)8-18-40-38(17-9-32-10-20-44(61)47(64)27-32)39-4-1-5-45(62)48(39)50(66)49(40)65)59-52-41(34)29-37-14-13-36-15-19-42-53(58-30-57-42)56(52)51-46(63)21-16-35-3-2-23-54(35,51)24-25-55(36,37)56/h1,4-7,9-12,16-17,20-21,27-28,30,35-37,41,43,46,51-52,59-66H,2-3,8,13-15,18-19,22-26,29H2,(H,57,58)/b17-9+/t35-,36-,37-,41-,43-,46-,51+,52+,54-,55-,56-/m0/s1. The molecule has 0 radical (unpaired) electrons. The highest BCUT2D eigenvalue weighted by Crippen LogP contribution is 2.80. The van der Waals surface area contributed by atoms with E-state index < -0.39 is 11.5 Å². The summed E-state index contributed by atoms with van der Waals surface area (Å²) in [6, 6.07) is 18.1. The van der Waals surface area contributed by atoms with E-state index >= 15 is 0 Å². The molecule has 1 aliphatic heterocycles. The van der Waals surface area contributed by atoms with Gasteiger partial charge in [0, 0.05) is 35.2 Å². The lowest BCUT2D eigenvalue weighted by molar-refractivity contribution is -0.204. The van der Waals surface area contributed by atoms with Crippen molar-refractivity contribution in [3.8, 4) is 28.7 Å². The summed E-state index contributed by atoms with van der Waals surface area (Å²) in [6.45, 7) is 0.0893. The summed E-state index contributed by atoms with van der Waals surface area (Å²) in [4.78, 5) is 9.10. The summed E-state index contributed by atoms with van der Waals surface area (Å²) in [5.41, 5.74) is 7.42. The van der Waals surface area contributed by atoms with Crippen LogP contribution in [0.2, 0.25) is 0 Å². The van der Waals surface area contributed by atoms with Crippen molar-refractivity contribution in [1.29, 1.82) is 0 Å². The van der Waals surface area contributed by atoms with E-state index in [4.69, 9.17) is 4.98 Å². The molecule has 0 bridgehead atoms. The van der Waals surface area contributed by atoms with Gasteiger partial charge in [0.15, 0.2) is 23.0 Å². The molecule has 66 heavy (non-hydrogen) atoms. The van der Waals surface area contributed by atoms with E-state index in [9.17, 15) is 35.7 Å². The third-order valence-corrected chi connectivity index (χ3v) is 18.7. The van der Waals surface area contributed by atoms with Gasteiger partial charge in [-0.25, -0.2) is 4.98 Å². The maximum atomic E-state index is 12.7. The largest absolute Gasteiger partial charge is 0.507 e. The Kier molecular flexibility index (Phi) is 9.83. The second kappa shape index (κ2) is 15.5. The van der Waals surface area contributed by atoms with E-state index in [-0.39, 0.29) is 75.5 Å². The van der Waals surface area contributed by atoms with Crippen LogP contribution < -0.4 is 5.32 Å². The molecule has 12 rings (SSSR count). The molecule has 1 aromatic heterocycles. The molecule has 10 nitrogen and oxygen atoms in total. The Balaban J connectivity index is 0.916. The molecule has 9 N–H and O–H groups in total. The summed E-state index contributed by atoms with van der Waals surface area (Å²) in [5, 5.41) is 82.1. The van der Waals surface area contributed by atoms with Crippen molar-refractivity contribution in [1.82, 2.24) is 15.3 Å². The summed E-state index contributed by atoms with van der Waals surface area (Å²) in [6.07, 6.45) is 25.1. The van der Waals surface area contributed by atoms with Crippen molar-refractivity contribution < 1.29 is 35.7 Å². The van der Waals surface area contributed by atoms with E-state index in [1.807, 2.05) is 6.33 Å². The number of benzene rings is 4. The number of aryl methyl sites for hydroxylation is 2. The number of nitrogens with zero attached hydrogens (tertiary/aromatic N) is 1. The van der Waals surface area contributed by atoms with Gasteiger partial charge in [0.25, 0.3) is 0 Å². The second-order valence-corrected chi connectivity index (χ2v) is 21.0. The second-order valence-electron chi connectivity index (χ2n) is 21.0. The van der Waals surface area contributed by atoms with Crippen molar-refractivity contribution in [2.24, 2.45) is 40.4 Å². The lowest BCUT2D eigenvalue weighted by Gasteiger charge is -2.73. The smallest absolute Gasteiger partial charge is 0.169 e. The number of nitrogens with one attached hydrogen (secondary N) is 2. The SMILES string of the molecule is OCCC1=C[C@@H](c2ccc(CCc3c(O)c(O)c4c(O)cccc4c3/C=C/c3ccc(O)c(O)c3)cc2)N[C@@H]2[C@H]1C[C@@H]1CC[C@H]3CCc4[nH]cnc4[C@]24[C@@H]2[C@@H](O)C=C[C@@H]5CCC[C@]52CC[C@]314. The van der Waals surface area contributed by atoms with Gasteiger partial charge in [-0.05, 0) is 157 Å². The van der Waals surface area contributed by atoms with Crippen molar-refractivity contribution >= 4 is 22.9 Å². The van der Waals surface area contributed by atoms with Crippen LogP contribution in [-0.2, 0) is 24.7 Å². The Bertz CT molecular complexity index is 2830. The third-order valence-electron chi connectivity index (χ3n) is 18.7. The maximum Gasteiger partial charge on any atom is 0.169 e. The van der Waals surface area contributed by atoms with Crippen LogP contribution >= 0.6 is 0 Å². The number of aliphatic hydroxyl groups excluding tert-OH is 2. The first kappa shape index (κ1) is 41.9. The summed E-state index contributed by atoms with van der Waals surface area (Å²) in [7, 11) is 0. The number of hydrogen-bond acceptors (Lipinski definition) is 9. The van der Waals surface area contributed by atoms with Crippen molar-refractivity contribution in [2.45, 2.75) is 107 Å². The molecule has 0 amide bonds.